The molecule has 0 spiro atoms. The third-order valence-electron chi connectivity index (χ3n) is 3.86. The van der Waals surface area contributed by atoms with E-state index in [1.54, 1.807) is 0 Å². The molecule has 1 fully saturated rings. The molecular weight excluding hydrogens is 252 g/mol. The maximum absolute atomic E-state index is 10.2. The van der Waals surface area contributed by atoms with E-state index in [9.17, 15) is 5.11 Å². The van der Waals surface area contributed by atoms with Gasteiger partial charge in [0.05, 0.1) is 12.7 Å². The van der Waals surface area contributed by atoms with Crippen molar-refractivity contribution in [1.82, 2.24) is 0 Å². The van der Waals surface area contributed by atoms with Crippen LogP contribution in [-0.4, -0.2) is 31.0 Å². The van der Waals surface area contributed by atoms with Gasteiger partial charge >= 0.3 is 0 Å². The maximum Gasteiger partial charge on any atom is 0.123 e. The monoisotopic (exact) mass is 278 g/mol. The van der Waals surface area contributed by atoms with Gasteiger partial charge in [0.15, 0.2) is 0 Å². The largest absolute Gasteiger partial charge is 0.491 e. The highest BCUT2D eigenvalue weighted by molar-refractivity contribution is 5.41. The van der Waals surface area contributed by atoms with Crippen LogP contribution in [0.5, 0.6) is 5.75 Å². The van der Waals surface area contributed by atoms with Gasteiger partial charge < -0.3 is 14.6 Å². The van der Waals surface area contributed by atoms with E-state index < -0.39 is 6.10 Å². The normalized spacial score (nSPS) is 20.9. The summed E-state index contributed by atoms with van der Waals surface area (Å²) in [6.07, 6.45) is 0.468. The molecule has 3 nitrogen and oxygen atoms in total. The third kappa shape index (κ3) is 3.74. The number of aliphatic hydroxyl groups excluding tert-OH is 1. The van der Waals surface area contributed by atoms with E-state index in [1.807, 2.05) is 0 Å². The van der Waals surface area contributed by atoms with Crippen LogP contribution in [0.3, 0.4) is 0 Å². The zero-order valence-electron chi connectivity index (χ0n) is 13.0. The minimum atomic E-state index is -0.453. The Morgan fingerprint density at radius 2 is 2.15 bits per heavy atom. The molecule has 0 radical (unpaired) electrons. The molecular formula is C17H26O3. The first-order valence-corrected chi connectivity index (χ1v) is 7.37. The van der Waals surface area contributed by atoms with Crippen LogP contribution >= 0.6 is 0 Å². The zero-order chi connectivity index (χ0) is 14.8. The smallest absolute Gasteiger partial charge is 0.123 e. The summed E-state index contributed by atoms with van der Waals surface area (Å²) >= 11 is 0. The Hall–Kier alpha value is -1.06. The molecule has 1 N–H and O–H groups in total. The maximum atomic E-state index is 10.2. The lowest BCUT2D eigenvalue weighted by atomic mass is 9.86. The number of aliphatic hydroxyl groups is 1. The van der Waals surface area contributed by atoms with E-state index in [2.05, 4.69) is 45.9 Å². The van der Waals surface area contributed by atoms with Crippen molar-refractivity contribution in [3.05, 3.63) is 29.3 Å². The second-order valence-electron chi connectivity index (χ2n) is 6.75. The molecule has 0 aromatic heterocycles. The summed E-state index contributed by atoms with van der Waals surface area (Å²) in [5.41, 5.74) is 2.38. The third-order valence-corrected chi connectivity index (χ3v) is 3.86. The van der Waals surface area contributed by atoms with Crippen molar-refractivity contribution in [2.75, 3.05) is 19.8 Å². The van der Waals surface area contributed by atoms with Crippen LogP contribution in [0.4, 0.5) is 0 Å². The molecule has 0 bridgehead atoms. The van der Waals surface area contributed by atoms with Crippen molar-refractivity contribution >= 4 is 0 Å². The summed E-state index contributed by atoms with van der Waals surface area (Å²) in [5, 5.41) is 10.2. The summed E-state index contributed by atoms with van der Waals surface area (Å²) in [4.78, 5) is 0. The Balaban J connectivity index is 2.06. The molecule has 1 heterocycles. The number of hydrogen-bond donors (Lipinski definition) is 1. The number of benzene rings is 1. The van der Waals surface area contributed by atoms with Gasteiger partial charge in [0, 0.05) is 12.5 Å². The fourth-order valence-corrected chi connectivity index (χ4v) is 2.54. The SMILES string of the molecule is Cc1ccc(C(C)(C)C)c(OCC(O)C2CCOC2)c1. The molecule has 1 aliphatic heterocycles. The number of rotatable bonds is 4. The topological polar surface area (TPSA) is 38.7 Å². The zero-order valence-corrected chi connectivity index (χ0v) is 13.0. The lowest BCUT2D eigenvalue weighted by Gasteiger charge is -2.25. The minimum absolute atomic E-state index is 0.0322. The molecule has 1 aromatic carbocycles. The summed E-state index contributed by atoms with van der Waals surface area (Å²) in [5.74, 6) is 1.09. The highest BCUT2D eigenvalue weighted by Crippen LogP contribution is 2.32. The van der Waals surface area contributed by atoms with E-state index in [1.165, 1.54) is 11.1 Å². The van der Waals surface area contributed by atoms with Crippen molar-refractivity contribution < 1.29 is 14.6 Å². The van der Waals surface area contributed by atoms with Gasteiger partial charge in [0.1, 0.15) is 12.4 Å². The first-order valence-electron chi connectivity index (χ1n) is 7.37. The van der Waals surface area contributed by atoms with Gasteiger partial charge in [-0.2, -0.15) is 0 Å². The van der Waals surface area contributed by atoms with Crippen molar-refractivity contribution in [3.63, 3.8) is 0 Å². The molecule has 0 saturated carbocycles. The average Bonchev–Trinajstić information content (AvgIpc) is 2.88. The fraction of sp³-hybridized carbons (Fsp3) is 0.647. The number of hydrogen-bond acceptors (Lipinski definition) is 3. The lowest BCUT2D eigenvalue weighted by molar-refractivity contribution is 0.0493. The molecule has 0 amide bonds. The first kappa shape index (κ1) is 15.3. The fourth-order valence-electron chi connectivity index (χ4n) is 2.54. The Labute approximate surface area is 121 Å². The predicted octanol–water partition coefficient (Wildman–Crippen LogP) is 3.07. The number of ether oxygens (including phenoxy) is 2. The summed E-state index contributed by atoms with van der Waals surface area (Å²) in [6.45, 7) is 10.3. The number of aryl methyl sites for hydroxylation is 1. The molecule has 20 heavy (non-hydrogen) atoms. The first-order chi connectivity index (χ1) is 9.38. The van der Waals surface area contributed by atoms with Crippen LogP contribution in [0.25, 0.3) is 0 Å². The highest BCUT2D eigenvalue weighted by Gasteiger charge is 2.25. The van der Waals surface area contributed by atoms with Gasteiger partial charge in [0.2, 0.25) is 0 Å². The molecule has 112 valence electrons. The Kier molecular flexibility index (Phi) is 4.71. The molecule has 3 heteroatoms. The predicted molar refractivity (Wildman–Crippen MR) is 80.3 cm³/mol. The van der Waals surface area contributed by atoms with Gasteiger partial charge in [-0.15, -0.1) is 0 Å². The van der Waals surface area contributed by atoms with Crippen LogP contribution in [0.2, 0.25) is 0 Å². The molecule has 2 rings (SSSR count). The van der Waals surface area contributed by atoms with Gasteiger partial charge in [-0.3, -0.25) is 0 Å². The van der Waals surface area contributed by atoms with E-state index >= 15 is 0 Å². The van der Waals surface area contributed by atoms with Crippen molar-refractivity contribution in [1.29, 1.82) is 0 Å². The van der Waals surface area contributed by atoms with Gasteiger partial charge in [0.25, 0.3) is 0 Å². The molecule has 1 aromatic rings. The Bertz CT molecular complexity index is 442. The van der Waals surface area contributed by atoms with Crippen LogP contribution in [0, 0.1) is 12.8 Å². The van der Waals surface area contributed by atoms with Crippen molar-refractivity contribution in [2.45, 2.75) is 45.6 Å². The Morgan fingerprint density at radius 3 is 2.75 bits per heavy atom. The Morgan fingerprint density at radius 1 is 1.40 bits per heavy atom. The molecule has 1 aliphatic rings. The molecule has 0 aliphatic carbocycles. The van der Waals surface area contributed by atoms with Crippen molar-refractivity contribution in [3.8, 4) is 5.75 Å². The van der Waals surface area contributed by atoms with E-state index in [0.717, 1.165) is 18.8 Å². The summed E-state index contributed by atoms with van der Waals surface area (Å²) < 4.78 is 11.2. The van der Waals surface area contributed by atoms with E-state index in [-0.39, 0.29) is 11.3 Å². The molecule has 2 unspecified atom stereocenters. The average molecular weight is 278 g/mol. The van der Waals surface area contributed by atoms with Crippen LogP contribution in [0.15, 0.2) is 18.2 Å². The summed E-state index contributed by atoms with van der Waals surface area (Å²) in [7, 11) is 0. The quantitative estimate of drug-likeness (QED) is 0.920. The van der Waals surface area contributed by atoms with Crippen LogP contribution < -0.4 is 4.74 Å². The van der Waals surface area contributed by atoms with Crippen LogP contribution in [-0.2, 0) is 10.2 Å². The minimum Gasteiger partial charge on any atom is -0.491 e. The van der Waals surface area contributed by atoms with Crippen molar-refractivity contribution in [2.24, 2.45) is 5.92 Å². The summed E-state index contributed by atoms with van der Waals surface area (Å²) in [6, 6.07) is 6.28. The van der Waals surface area contributed by atoms with Gasteiger partial charge in [-0.1, -0.05) is 32.9 Å². The van der Waals surface area contributed by atoms with E-state index in [4.69, 9.17) is 9.47 Å². The highest BCUT2D eigenvalue weighted by atomic mass is 16.5. The van der Waals surface area contributed by atoms with Gasteiger partial charge in [-0.05, 0) is 36.0 Å². The standard InChI is InChI=1S/C17H26O3/c1-12-5-6-14(17(2,3)4)16(9-12)20-11-15(18)13-7-8-19-10-13/h5-6,9,13,15,18H,7-8,10-11H2,1-4H3. The van der Waals surface area contributed by atoms with Gasteiger partial charge in [-0.25, -0.2) is 0 Å². The molecule has 2 atom stereocenters. The van der Waals surface area contributed by atoms with E-state index in [0.29, 0.717) is 13.2 Å². The second kappa shape index (κ2) is 6.15. The molecule has 1 saturated heterocycles. The lowest BCUT2D eigenvalue weighted by Crippen LogP contribution is -2.28. The second-order valence-corrected chi connectivity index (χ2v) is 6.75. The van der Waals surface area contributed by atoms with Crippen LogP contribution in [0.1, 0.15) is 38.3 Å².